The molecule has 36 heavy (non-hydrogen) atoms. The van der Waals surface area contributed by atoms with E-state index in [1.54, 1.807) is 0 Å². The molecular weight excluding hydrogens is 484 g/mol. The van der Waals surface area contributed by atoms with E-state index in [0.29, 0.717) is 13.5 Å². The molecule has 0 saturated heterocycles. The molecule has 0 fully saturated rings. The summed E-state index contributed by atoms with van der Waals surface area (Å²) in [7, 11) is 0. The summed E-state index contributed by atoms with van der Waals surface area (Å²) in [5.74, 6) is 2.18. The fourth-order valence-electron chi connectivity index (χ4n) is 4.91. The number of hydrogen-bond donors (Lipinski definition) is 2. The molecule has 0 amide bonds. The van der Waals surface area contributed by atoms with Crippen LogP contribution in [-0.2, 0) is 13.1 Å². The number of hydrogen-bond acceptors (Lipinski definition) is 6. The van der Waals surface area contributed by atoms with Crippen LogP contribution in [0, 0.1) is 0 Å². The van der Waals surface area contributed by atoms with Crippen LogP contribution in [0.4, 0.5) is 11.4 Å². The van der Waals surface area contributed by atoms with Crippen molar-refractivity contribution in [3.05, 3.63) is 107 Å². The summed E-state index contributed by atoms with van der Waals surface area (Å²) in [4.78, 5) is 6.41. The predicted octanol–water partition coefficient (Wildman–Crippen LogP) is 7.13. The maximum Gasteiger partial charge on any atom is 0.161 e. The molecule has 0 bridgehead atoms. The molecular formula is C30H28N2O2S2. The number of ether oxygens (including phenoxy) is 2. The van der Waals surface area contributed by atoms with E-state index < -0.39 is 0 Å². The Hall–Kier alpha value is -3.22. The number of benzene rings is 4. The van der Waals surface area contributed by atoms with Crippen molar-refractivity contribution in [2.24, 2.45) is 0 Å². The van der Waals surface area contributed by atoms with Gasteiger partial charge in [-0.1, -0.05) is 19.1 Å². The van der Waals surface area contributed by atoms with Crippen molar-refractivity contribution in [3.8, 4) is 11.5 Å². The largest absolute Gasteiger partial charge is 0.473 e. The molecule has 4 aromatic carbocycles. The lowest BCUT2D eigenvalue weighted by Crippen LogP contribution is -2.32. The molecule has 0 spiro atoms. The lowest BCUT2D eigenvalue weighted by atomic mass is 9.90. The van der Waals surface area contributed by atoms with Crippen LogP contribution in [-0.4, -0.2) is 13.5 Å². The van der Waals surface area contributed by atoms with Gasteiger partial charge in [0, 0.05) is 51.3 Å². The molecule has 0 aliphatic carbocycles. The second-order valence-electron chi connectivity index (χ2n) is 9.43. The Labute approximate surface area is 223 Å². The van der Waals surface area contributed by atoms with Crippen LogP contribution in [0.25, 0.3) is 0 Å². The standard InChI is InChI=1S/C30H28N2O2S2/c1-20(21-2-12-29-23(14-21)16-31(18-33-29)25-4-8-27(35)9-5-25)22-3-13-30-24(15-22)17-32(19-34-30)26-6-10-28(36)11-7-26/h2-15,20,35-36H,16-19H2,1H3. The summed E-state index contributed by atoms with van der Waals surface area (Å²) < 4.78 is 12.2. The Morgan fingerprint density at radius 2 is 1.03 bits per heavy atom. The highest BCUT2D eigenvalue weighted by Crippen LogP contribution is 2.36. The third kappa shape index (κ3) is 4.63. The van der Waals surface area contributed by atoms with Gasteiger partial charge in [-0.3, -0.25) is 0 Å². The van der Waals surface area contributed by atoms with Gasteiger partial charge in [0.25, 0.3) is 0 Å². The number of anilines is 2. The average molecular weight is 513 g/mol. The highest BCUT2D eigenvalue weighted by atomic mass is 32.1. The van der Waals surface area contributed by atoms with Gasteiger partial charge in [-0.25, -0.2) is 0 Å². The topological polar surface area (TPSA) is 24.9 Å². The van der Waals surface area contributed by atoms with Crippen molar-refractivity contribution in [3.63, 3.8) is 0 Å². The van der Waals surface area contributed by atoms with Gasteiger partial charge in [-0.15, -0.1) is 25.3 Å². The molecule has 4 nitrogen and oxygen atoms in total. The zero-order chi connectivity index (χ0) is 24.6. The highest BCUT2D eigenvalue weighted by molar-refractivity contribution is 7.80. The number of rotatable bonds is 4. The normalized spacial score (nSPS) is 14.7. The molecule has 0 radical (unpaired) electrons. The quantitative estimate of drug-likeness (QED) is 0.284. The molecule has 0 unspecified atom stereocenters. The Kier molecular flexibility index (Phi) is 6.23. The first kappa shape index (κ1) is 23.2. The Morgan fingerprint density at radius 3 is 1.44 bits per heavy atom. The fourth-order valence-corrected chi connectivity index (χ4v) is 5.21. The van der Waals surface area contributed by atoms with Crippen LogP contribution in [0.1, 0.15) is 35.1 Å². The van der Waals surface area contributed by atoms with Gasteiger partial charge in [0.05, 0.1) is 0 Å². The van der Waals surface area contributed by atoms with Crippen LogP contribution >= 0.6 is 25.3 Å². The molecule has 6 heteroatoms. The lowest BCUT2D eigenvalue weighted by Gasteiger charge is -2.32. The Morgan fingerprint density at radius 1 is 0.611 bits per heavy atom. The van der Waals surface area contributed by atoms with E-state index in [0.717, 1.165) is 45.8 Å². The molecule has 0 N–H and O–H groups in total. The van der Waals surface area contributed by atoms with Crippen LogP contribution in [0.3, 0.4) is 0 Å². The third-order valence-electron chi connectivity index (χ3n) is 7.07. The van der Waals surface area contributed by atoms with Gasteiger partial charge in [-0.2, -0.15) is 0 Å². The van der Waals surface area contributed by atoms with Gasteiger partial charge in [0.1, 0.15) is 11.5 Å². The number of thiol groups is 2. The van der Waals surface area contributed by atoms with Crippen molar-refractivity contribution in [2.75, 3.05) is 23.3 Å². The predicted molar refractivity (Wildman–Crippen MR) is 151 cm³/mol. The molecule has 182 valence electrons. The van der Waals surface area contributed by atoms with Crippen molar-refractivity contribution in [1.82, 2.24) is 0 Å². The van der Waals surface area contributed by atoms with E-state index in [4.69, 9.17) is 9.47 Å². The van der Waals surface area contributed by atoms with Crippen molar-refractivity contribution >= 4 is 36.6 Å². The summed E-state index contributed by atoms with van der Waals surface area (Å²) >= 11 is 8.81. The lowest BCUT2D eigenvalue weighted by molar-refractivity contribution is 0.289. The first-order valence-electron chi connectivity index (χ1n) is 12.1. The van der Waals surface area contributed by atoms with E-state index in [9.17, 15) is 0 Å². The van der Waals surface area contributed by atoms with Crippen LogP contribution < -0.4 is 19.3 Å². The molecule has 2 aliphatic rings. The zero-order valence-corrected chi connectivity index (χ0v) is 21.9. The van der Waals surface area contributed by atoms with Gasteiger partial charge in [0.15, 0.2) is 13.5 Å². The van der Waals surface area contributed by atoms with Crippen molar-refractivity contribution < 1.29 is 9.47 Å². The fraction of sp³-hybridized carbons (Fsp3) is 0.200. The van der Waals surface area contributed by atoms with E-state index >= 15 is 0 Å². The maximum atomic E-state index is 6.08. The minimum absolute atomic E-state index is 0.248. The number of nitrogens with zero attached hydrogens (tertiary/aromatic N) is 2. The van der Waals surface area contributed by atoms with Gasteiger partial charge >= 0.3 is 0 Å². The first-order chi connectivity index (χ1) is 17.5. The Balaban J connectivity index is 1.22. The SMILES string of the molecule is CC(c1ccc2c(c1)CN(c1ccc(S)cc1)CO2)c1ccc2c(c1)CN(c1ccc(S)cc1)CO2. The monoisotopic (exact) mass is 512 g/mol. The smallest absolute Gasteiger partial charge is 0.161 e. The zero-order valence-electron chi connectivity index (χ0n) is 20.1. The highest BCUT2D eigenvalue weighted by Gasteiger charge is 2.22. The molecule has 2 heterocycles. The molecule has 2 aliphatic heterocycles. The number of fused-ring (bicyclic) bond motifs is 2. The van der Waals surface area contributed by atoms with Gasteiger partial charge in [0.2, 0.25) is 0 Å². The van der Waals surface area contributed by atoms with E-state index in [2.05, 4.69) is 103 Å². The molecule has 0 saturated carbocycles. The Bertz CT molecular complexity index is 1280. The average Bonchev–Trinajstić information content (AvgIpc) is 2.92. The summed E-state index contributed by atoms with van der Waals surface area (Å²) in [6.07, 6.45) is 0. The second-order valence-corrected chi connectivity index (χ2v) is 10.5. The van der Waals surface area contributed by atoms with E-state index in [1.807, 2.05) is 24.3 Å². The summed E-state index contributed by atoms with van der Waals surface area (Å²) in [5, 5.41) is 0. The second kappa shape index (κ2) is 9.68. The molecule has 0 aromatic heterocycles. The van der Waals surface area contributed by atoms with Crippen molar-refractivity contribution in [1.29, 1.82) is 0 Å². The summed E-state index contributed by atoms with van der Waals surface area (Å²) in [5.41, 5.74) is 7.26. The van der Waals surface area contributed by atoms with Crippen LogP contribution in [0.15, 0.2) is 94.7 Å². The molecule has 4 aromatic rings. The van der Waals surface area contributed by atoms with Crippen LogP contribution in [0.2, 0.25) is 0 Å². The first-order valence-corrected chi connectivity index (χ1v) is 13.0. The van der Waals surface area contributed by atoms with Gasteiger partial charge in [-0.05, 0) is 83.9 Å². The molecule has 0 atom stereocenters. The minimum atomic E-state index is 0.248. The molecule has 6 rings (SSSR count). The third-order valence-corrected chi connectivity index (χ3v) is 7.67. The van der Waals surface area contributed by atoms with Crippen LogP contribution in [0.5, 0.6) is 11.5 Å². The van der Waals surface area contributed by atoms with Gasteiger partial charge < -0.3 is 19.3 Å². The van der Waals surface area contributed by atoms with Crippen molar-refractivity contribution in [2.45, 2.75) is 35.7 Å². The minimum Gasteiger partial charge on any atom is -0.473 e. The summed E-state index contributed by atoms with van der Waals surface area (Å²) in [6, 6.07) is 29.6. The maximum absolute atomic E-state index is 6.08. The summed E-state index contributed by atoms with van der Waals surface area (Å²) in [6.45, 7) is 5.00. The van der Waals surface area contributed by atoms with E-state index in [-0.39, 0.29) is 5.92 Å². The van der Waals surface area contributed by atoms with E-state index in [1.165, 1.54) is 22.3 Å².